The van der Waals surface area contributed by atoms with Crippen LogP contribution in [0.5, 0.6) is 0 Å². The highest BCUT2D eigenvalue weighted by Gasteiger charge is 2.13. The van der Waals surface area contributed by atoms with E-state index in [2.05, 4.69) is 5.32 Å². The predicted octanol–water partition coefficient (Wildman–Crippen LogP) is 0.644. The number of hydrogen-bond donors (Lipinski definition) is 1. The minimum absolute atomic E-state index is 0.0469. The summed E-state index contributed by atoms with van der Waals surface area (Å²) < 4.78 is 4.70. The lowest BCUT2D eigenvalue weighted by Gasteiger charge is -2.13. The quantitative estimate of drug-likeness (QED) is 0.526. The van der Waals surface area contributed by atoms with E-state index in [0.717, 1.165) is 5.75 Å². The van der Waals surface area contributed by atoms with Crippen molar-refractivity contribution in [1.29, 1.82) is 0 Å². The van der Waals surface area contributed by atoms with Gasteiger partial charge in [-0.3, -0.25) is 4.79 Å². The number of amides is 1. The number of rotatable bonds is 2. The summed E-state index contributed by atoms with van der Waals surface area (Å²) in [7, 11) is 0. The third kappa shape index (κ3) is 3.50. The van der Waals surface area contributed by atoms with Crippen molar-refractivity contribution in [2.75, 3.05) is 12.4 Å². The average Bonchev–Trinajstić information content (AvgIpc) is 2.04. The first-order chi connectivity index (χ1) is 6.22. The second-order valence-corrected chi connectivity index (χ2v) is 3.54. The van der Waals surface area contributed by atoms with Crippen LogP contribution in [0.2, 0.25) is 0 Å². The number of carbonyl (C=O) groups excluding carboxylic acids is 2. The summed E-state index contributed by atoms with van der Waals surface area (Å²) in [5, 5.41) is 3.17. The molecule has 13 heavy (non-hydrogen) atoms. The largest absolute Gasteiger partial charge is 0.463 e. The van der Waals surface area contributed by atoms with Crippen LogP contribution >= 0.6 is 11.8 Å². The third-order valence-corrected chi connectivity index (χ3v) is 2.32. The van der Waals surface area contributed by atoms with E-state index >= 15 is 0 Å². The minimum atomic E-state index is -0.410. The normalized spacial score (nSPS) is 19.8. The van der Waals surface area contributed by atoms with E-state index in [4.69, 9.17) is 4.74 Å². The monoisotopic (exact) mass is 201 g/mol. The Morgan fingerprint density at radius 1 is 1.77 bits per heavy atom. The van der Waals surface area contributed by atoms with Crippen LogP contribution in [0.15, 0.2) is 11.1 Å². The highest BCUT2D eigenvalue weighted by Crippen LogP contribution is 2.18. The Morgan fingerprint density at radius 2 is 2.54 bits per heavy atom. The topological polar surface area (TPSA) is 55.4 Å². The molecule has 0 bridgehead atoms. The molecule has 0 unspecified atom stereocenters. The van der Waals surface area contributed by atoms with Gasteiger partial charge < -0.3 is 10.1 Å². The van der Waals surface area contributed by atoms with Gasteiger partial charge in [-0.15, -0.1) is 11.8 Å². The molecule has 5 heteroatoms. The first-order valence-electron chi connectivity index (χ1n) is 4.03. The van der Waals surface area contributed by atoms with E-state index in [0.29, 0.717) is 18.1 Å². The number of hydrogen-bond acceptors (Lipinski definition) is 4. The van der Waals surface area contributed by atoms with Gasteiger partial charge in [0.2, 0.25) is 5.91 Å². The lowest BCUT2D eigenvalue weighted by atomic mass is 10.4. The molecule has 0 atom stereocenters. The van der Waals surface area contributed by atoms with Gasteiger partial charge in [-0.1, -0.05) is 0 Å². The fourth-order valence-corrected chi connectivity index (χ4v) is 1.73. The van der Waals surface area contributed by atoms with Crippen LogP contribution in [0.4, 0.5) is 0 Å². The SMILES string of the molecule is CCOC(=O)C=C1NC(=O)CCS1. The zero-order valence-corrected chi connectivity index (χ0v) is 8.15. The molecule has 1 aliphatic heterocycles. The molecule has 4 nitrogen and oxygen atoms in total. The molecule has 0 aromatic carbocycles. The fourth-order valence-electron chi connectivity index (χ4n) is 0.858. The highest BCUT2D eigenvalue weighted by molar-refractivity contribution is 8.03. The number of esters is 1. The van der Waals surface area contributed by atoms with Gasteiger partial charge in [0.15, 0.2) is 0 Å². The van der Waals surface area contributed by atoms with Crippen molar-refractivity contribution in [3.05, 3.63) is 11.1 Å². The van der Waals surface area contributed by atoms with Crippen LogP contribution in [0.1, 0.15) is 13.3 Å². The second kappa shape index (κ2) is 4.91. The molecule has 1 rings (SSSR count). The molecule has 72 valence electrons. The van der Waals surface area contributed by atoms with Crippen molar-refractivity contribution < 1.29 is 14.3 Å². The van der Waals surface area contributed by atoms with E-state index in [1.807, 2.05) is 0 Å². The first-order valence-corrected chi connectivity index (χ1v) is 5.02. The summed E-state index contributed by atoms with van der Waals surface area (Å²) in [6.45, 7) is 2.09. The summed E-state index contributed by atoms with van der Waals surface area (Å²) in [6.07, 6.45) is 1.82. The van der Waals surface area contributed by atoms with Gasteiger partial charge in [-0.05, 0) is 6.92 Å². The molecule has 0 aromatic heterocycles. The average molecular weight is 201 g/mol. The lowest BCUT2D eigenvalue weighted by molar-refractivity contribution is -0.137. The molecule has 1 N–H and O–H groups in total. The Hall–Kier alpha value is -0.970. The molecule has 0 radical (unpaired) electrons. The van der Waals surface area contributed by atoms with Crippen molar-refractivity contribution in [1.82, 2.24) is 5.32 Å². The maximum Gasteiger partial charge on any atom is 0.333 e. The lowest BCUT2D eigenvalue weighted by Crippen LogP contribution is -2.26. The molecule has 1 saturated heterocycles. The van der Waals surface area contributed by atoms with E-state index in [1.165, 1.54) is 17.8 Å². The highest BCUT2D eigenvalue weighted by atomic mass is 32.2. The summed E-state index contributed by atoms with van der Waals surface area (Å²) in [5.74, 6) is 0.262. The molecule has 1 amide bonds. The van der Waals surface area contributed by atoms with E-state index < -0.39 is 5.97 Å². The van der Waals surface area contributed by atoms with E-state index in [-0.39, 0.29) is 5.91 Å². The molecule has 0 spiro atoms. The van der Waals surface area contributed by atoms with Crippen molar-refractivity contribution in [2.24, 2.45) is 0 Å². The maximum atomic E-state index is 11.0. The van der Waals surface area contributed by atoms with Gasteiger partial charge in [0.1, 0.15) is 0 Å². The summed E-state index contributed by atoms with van der Waals surface area (Å²) in [6, 6.07) is 0. The summed E-state index contributed by atoms with van der Waals surface area (Å²) in [5.41, 5.74) is 0. The molecule has 0 aromatic rings. The van der Waals surface area contributed by atoms with Crippen LogP contribution in [0.25, 0.3) is 0 Å². The van der Waals surface area contributed by atoms with Gasteiger partial charge in [-0.2, -0.15) is 0 Å². The smallest absolute Gasteiger partial charge is 0.333 e. The second-order valence-electron chi connectivity index (χ2n) is 2.41. The van der Waals surface area contributed by atoms with Gasteiger partial charge >= 0.3 is 5.97 Å². The number of nitrogens with one attached hydrogen (secondary N) is 1. The first kappa shape index (κ1) is 10.1. The van der Waals surface area contributed by atoms with Gasteiger partial charge in [-0.25, -0.2) is 4.79 Å². The van der Waals surface area contributed by atoms with Crippen molar-refractivity contribution in [3.8, 4) is 0 Å². The number of carbonyl (C=O) groups is 2. The molecule has 0 aliphatic carbocycles. The Balaban J connectivity index is 2.49. The van der Waals surface area contributed by atoms with Crippen LogP contribution in [-0.2, 0) is 14.3 Å². The van der Waals surface area contributed by atoms with Crippen molar-refractivity contribution in [2.45, 2.75) is 13.3 Å². The predicted molar refractivity (Wildman–Crippen MR) is 49.9 cm³/mol. The zero-order valence-electron chi connectivity index (χ0n) is 7.33. The van der Waals surface area contributed by atoms with E-state index in [1.54, 1.807) is 6.92 Å². The van der Waals surface area contributed by atoms with Gasteiger partial charge in [0.05, 0.1) is 17.7 Å². The molecule has 1 aliphatic rings. The van der Waals surface area contributed by atoms with Gasteiger partial charge in [0, 0.05) is 12.2 Å². The summed E-state index contributed by atoms with van der Waals surface area (Å²) >= 11 is 1.45. The Bertz CT molecular complexity index is 250. The van der Waals surface area contributed by atoms with Crippen molar-refractivity contribution in [3.63, 3.8) is 0 Å². The number of ether oxygens (including phenoxy) is 1. The Morgan fingerprint density at radius 3 is 3.15 bits per heavy atom. The molecule has 0 saturated carbocycles. The standard InChI is InChI=1S/C8H11NO3S/c1-2-12-8(11)5-7-9-6(10)3-4-13-7/h5H,2-4H2,1H3,(H,9,10). The van der Waals surface area contributed by atoms with Gasteiger partial charge in [0.25, 0.3) is 0 Å². The van der Waals surface area contributed by atoms with Crippen molar-refractivity contribution >= 4 is 23.6 Å². The van der Waals surface area contributed by atoms with Crippen LogP contribution in [0.3, 0.4) is 0 Å². The van der Waals surface area contributed by atoms with Crippen LogP contribution in [-0.4, -0.2) is 24.2 Å². The maximum absolute atomic E-state index is 11.0. The molecular formula is C8H11NO3S. The van der Waals surface area contributed by atoms with Crippen LogP contribution < -0.4 is 5.32 Å². The summed E-state index contributed by atoms with van der Waals surface area (Å²) in [4.78, 5) is 21.9. The zero-order chi connectivity index (χ0) is 9.68. The Labute approximate surface area is 80.7 Å². The molecule has 1 heterocycles. The number of thioether (sulfide) groups is 1. The molecular weight excluding hydrogens is 190 g/mol. The molecule has 1 fully saturated rings. The van der Waals surface area contributed by atoms with Crippen LogP contribution in [0, 0.1) is 0 Å². The third-order valence-electron chi connectivity index (χ3n) is 1.38. The Kier molecular flexibility index (Phi) is 3.82. The fraction of sp³-hybridized carbons (Fsp3) is 0.500. The minimum Gasteiger partial charge on any atom is -0.463 e. The van der Waals surface area contributed by atoms with E-state index in [9.17, 15) is 9.59 Å².